The van der Waals surface area contributed by atoms with Crippen molar-refractivity contribution < 1.29 is 19.4 Å². The molecule has 0 heterocycles. The summed E-state index contributed by atoms with van der Waals surface area (Å²) < 4.78 is 5.19. The molecule has 1 saturated carbocycles. The molecule has 0 aromatic rings. The second-order valence-electron chi connectivity index (χ2n) is 5.87. The number of hydrogen-bond acceptors (Lipinski definition) is 4. The maximum Gasteiger partial charge on any atom is 0.320 e. The monoisotopic (exact) mass is 257 g/mol. The molecule has 2 atom stereocenters. The molecule has 0 spiro atoms. The van der Waals surface area contributed by atoms with Gasteiger partial charge in [0, 0.05) is 6.04 Å². The lowest BCUT2D eigenvalue weighted by Gasteiger charge is -2.27. The number of hydrogen-bond donors (Lipinski definition) is 2. The van der Waals surface area contributed by atoms with Gasteiger partial charge in [-0.25, -0.2) is 0 Å². The summed E-state index contributed by atoms with van der Waals surface area (Å²) in [7, 11) is 0. The summed E-state index contributed by atoms with van der Waals surface area (Å²) in [4.78, 5) is 22.4. The molecule has 0 saturated heterocycles. The van der Waals surface area contributed by atoms with Gasteiger partial charge in [-0.2, -0.15) is 0 Å². The van der Waals surface area contributed by atoms with Crippen LogP contribution in [0.15, 0.2) is 0 Å². The molecule has 1 rings (SSSR count). The molecule has 0 amide bonds. The Morgan fingerprint density at radius 3 is 2.56 bits per heavy atom. The van der Waals surface area contributed by atoms with E-state index in [0.717, 1.165) is 19.3 Å². The van der Waals surface area contributed by atoms with Gasteiger partial charge >= 0.3 is 11.9 Å². The largest absolute Gasteiger partial charge is 0.481 e. The number of aliphatic carboxylic acids is 1. The van der Waals surface area contributed by atoms with Gasteiger partial charge < -0.3 is 15.2 Å². The van der Waals surface area contributed by atoms with Crippen LogP contribution in [-0.2, 0) is 14.3 Å². The van der Waals surface area contributed by atoms with Gasteiger partial charge in [0.25, 0.3) is 0 Å². The minimum Gasteiger partial charge on any atom is -0.481 e. The van der Waals surface area contributed by atoms with Crippen LogP contribution in [-0.4, -0.2) is 35.2 Å². The molecule has 0 aromatic carbocycles. The zero-order valence-corrected chi connectivity index (χ0v) is 11.4. The number of ether oxygens (including phenoxy) is 1. The summed E-state index contributed by atoms with van der Waals surface area (Å²) in [6.45, 7) is 5.62. The fourth-order valence-corrected chi connectivity index (χ4v) is 2.20. The fourth-order valence-electron chi connectivity index (χ4n) is 2.20. The van der Waals surface area contributed by atoms with Gasteiger partial charge in [0.15, 0.2) is 0 Å². The van der Waals surface area contributed by atoms with Gasteiger partial charge in [0.1, 0.15) is 5.60 Å². The number of rotatable bonds is 4. The van der Waals surface area contributed by atoms with Crippen LogP contribution in [0.1, 0.15) is 46.5 Å². The van der Waals surface area contributed by atoms with Crippen LogP contribution in [0, 0.1) is 5.92 Å². The zero-order valence-electron chi connectivity index (χ0n) is 11.4. The number of esters is 1. The molecular formula is C13H23NO4. The maximum atomic E-state index is 11.5. The number of carboxylic acids is 1. The first-order valence-corrected chi connectivity index (χ1v) is 6.46. The van der Waals surface area contributed by atoms with Gasteiger partial charge in [-0.3, -0.25) is 9.59 Å². The van der Waals surface area contributed by atoms with Crippen molar-refractivity contribution in [2.75, 3.05) is 6.54 Å². The second-order valence-corrected chi connectivity index (χ2v) is 5.87. The number of nitrogens with one attached hydrogen (secondary N) is 1. The van der Waals surface area contributed by atoms with Crippen molar-refractivity contribution in [1.82, 2.24) is 5.32 Å². The second kappa shape index (κ2) is 6.18. The van der Waals surface area contributed by atoms with E-state index in [1.807, 2.05) is 20.8 Å². The fraction of sp³-hybridized carbons (Fsp3) is 0.846. The van der Waals surface area contributed by atoms with Crippen molar-refractivity contribution in [1.29, 1.82) is 0 Å². The highest BCUT2D eigenvalue weighted by molar-refractivity contribution is 5.72. The number of carbonyl (C=O) groups is 2. The van der Waals surface area contributed by atoms with Crippen LogP contribution in [0.2, 0.25) is 0 Å². The van der Waals surface area contributed by atoms with Gasteiger partial charge in [0.05, 0.1) is 12.5 Å². The summed E-state index contributed by atoms with van der Waals surface area (Å²) in [5.41, 5.74) is -0.477. The number of carboxylic acid groups (broad SMARTS) is 1. The molecule has 5 heteroatoms. The summed E-state index contributed by atoms with van der Waals surface area (Å²) in [6, 6.07) is 0.104. The Hall–Kier alpha value is -1.10. The third-order valence-corrected chi connectivity index (χ3v) is 2.98. The molecule has 0 aromatic heterocycles. The molecule has 0 aliphatic heterocycles. The van der Waals surface area contributed by atoms with Crippen LogP contribution in [0.5, 0.6) is 0 Å². The average Bonchev–Trinajstić information content (AvgIpc) is 2.24. The summed E-state index contributed by atoms with van der Waals surface area (Å²) >= 11 is 0. The minimum atomic E-state index is -0.737. The van der Waals surface area contributed by atoms with E-state index in [-0.39, 0.29) is 24.5 Å². The van der Waals surface area contributed by atoms with E-state index < -0.39 is 11.6 Å². The Kier molecular flexibility index (Phi) is 5.14. The predicted molar refractivity (Wildman–Crippen MR) is 67.2 cm³/mol. The Morgan fingerprint density at radius 1 is 1.33 bits per heavy atom. The maximum absolute atomic E-state index is 11.5. The van der Waals surface area contributed by atoms with E-state index in [0.29, 0.717) is 6.42 Å². The van der Waals surface area contributed by atoms with E-state index in [1.165, 1.54) is 0 Å². The van der Waals surface area contributed by atoms with Crippen LogP contribution in [0.25, 0.3) is 0 Å². The Labute approximate surface area is 108 Å². The summed E-state index contributed by atoms with van der Waals surface area (Å²) in [6.07, 6.45) is 3.15. The van der Waals surface area contributed by atoms with Crippen LogP contribution in [0.3, 0.4) is 0 Å². The van der Waals surface area contributed by atoms with Gasteiger partial charge in [-0.05, 0) is 40.0 Å². The van der Waals surface area contributed by atoms with E-state index in [9.17, 15) is 9.59 Å². The van der Waals surface area contributed by atoms with Crippen molar-refractivity contribution in [3.8, 4) is 0 Å². The Bertz CT molecular complexity index is 309. The Balaban J connectivity index is 2.31. The molecule has 18 heavy (non-hydrogen) atoms. The third-order valence-electron chi connectivity index (χ3n) is 2.98. The normalized spacial score (nSPS) is 24.6. The van der Waals surface area contributed by atoms with Crippen molar-refractivity contribution in [3.05, 3.63) is 0 Å². The van der Waals surface area contributed by atoms with Crippen LogP contribution in [0.4, 0.5) is 0 Å². The van der Waals surface area contributed by atoms with E-state index in [1.54, 1.807) is 0 Å². The average molecular weight is 257 g/mol. The summed E-state index contributed by atoms with van der Waals surface area (Å²) in [5, 5.41) is 12.1. The van der Waals surface area contributed by atoms with E-state index in [4.69, 9.17) is 9.84 Å². The standard InChI is InChI=1S/C13H23NO4/c1-13(2,3)18-11(15)8-14-10-6-4-5-9(7-10)12(16)17/h9-10,14H,4-8H2,1-3H3,(H,16,17). The van der Waals surface area contributed by atoms with Crippen molar-refractivity contribution in [2.24, 2.45) is 5.92 Å². The number of carbonyl (C=O) groups excluding carboxylic acids is 1. The first-order chi connectivity index (χ1) is 8.28. The molecule has 0 bridgehead atoms. The van der Waals surface area contributed by atoms with Gasteiger partial charge in [0.2, 0.25) is 0 Å². The summed E-state index contributed by atoms with van der Waals surface area (Å²) in [5.74, 6) is -1.31. The first-order valence-electron chi connectivity index (χ1n) is 6.46. The molecular weight excluding hydrogens is 234 g/mol. The van der Waals surface area contributed by atoms with Crippen LogP contribution >= 0.6 is 0 Å². The molecule has 1 fully saturated rings. The SMILES string of the molecule is CC(C)(C)OC(=O)CNC1CCCC(C(=O)O)C1. The van der Waals surface area contributed by atoms with Gasteiger partial charge in [-0.15, -0.1) is 0 Å². The highest BCUT2D eigenvalue weighted by Crippen LogP contribution is 2.24. The molecule has 1 aliphatic carbocycles. The smallest absolute Gasteiger partial charge is 0.320 e. The third kappa shape index (κ3) is 5.49. The van der Waals surface area contributed by atoms with Crippen LogP contribution < -0.4 is 5.32 Å². The van der Waals surface area contributed by atoms with Crippen molar-refractivity contribution in [2.45, 2.75) is 58.1 Å². The van der Waals surface area contributed by atoms with Gasteiger partial charge in [-0.1, -0.05) is 6.42 Å². The minimum absolute atomic E-state index is 0.104. The topological polar surface area (TPSA) is 75.6 Å². The highest BCUT2D eigenvalue weighted by atomic mass is 16.6. The lowest BCUT2D eigenvalue weighted by Crippen LogP contribution is -2.40. The molecule has 0 radical (unpaired) electrons. The zero-order chi connectivity index (χ0) is 13.8. The van der Waals surface area contributed by atoms with Crippen molar-refractivity contribution in [3.63, 3.8) is 0 Å². The molecule has 104 valence electrons. The molecule has 5 nitrogen and oxygen atoms in total. The molecule has 1 aliphatic rings. The lowest BCUT2D eigenvalue weighted by atomic mass is 9.86. The quantitative estimate of drug-likeness (QED) is 0.747. The Morgan fingerprint density at radius 2 is 2.00 bits per heavy atom. The van der Waals surface area contributed by atoms with E-state index in [2.05, 4.69) is 5.32 Å². The van der Waals surface area contributed by atoms with Crippen molar-refractivity contribution >= 4 is 11.9 Å². The van der Waals surface area contributed by atoms with E-state index >= 15 is 0 Å². The predicted octanol–water partition coefficient (Wildman–Crippen LogP) is 1.56. The molecule has 2 unspecified atom stereocenters. The first kappa shape index (κ1) is 15.0. The lowest BCUT2D eigenvalue weighted by molar-refractivity contribution is -0.153. The molecule has 2 N–H and O–H groups in total. The highest BCUT2D eigenvalue weighted by Gasteiger charge is 2.27.